The molecule has 1 aromatic rings. The molecule has 17 heavy (non-hydrogen) atoms. The first kappa shape index (κ1) is 11.2. The number of H-pyrrole nitrogens is 1. The smallest absolute Gasteiger partial charge is 0.0829 e. The van der Waals surface area contributed by atoms with E-state index >= 15 is 0 Å². The summed E-state index contributed by atoms with van der Waals surface area (Å²) in [6.45, 7) is 5.07. The summed E-state index contributed by atoms with van der Waals surface area (Å²) < 4.78 is 5.46. The van der Waals surface area contributed by atoms with Crippen molar-refractivity contribution in [3.05, 3.63) is 17.0 Å². The molecule has 0 amide bonds. The second-order valence-electron chi connectivity index (χ2n) is 5.18. The first-order valence-electron chi connectivity index (χ1n) is 6.72. The summed E-state index contributed by atoms with van der Waals surface area (Å²) in [7, 11) is 0. The van der Waals surface area contributed by atoms with E-state index in [1.807, 2.05) is 0 Å². The summed E-state index contributed by atoms with van der Waals surface area (Å²) in [4.78, 5) is 0. The molecule has 94 valence electrons. The molecule has 0 radical (unpaired) electrons. The molecule has 0 aliphatic carbocycles. The van der Waals surface area contributed by atoms with Crippen molar-refractivity contribution < 1.29 is 4.74 Å². The Bertz CT molecular complexity index is 376. The average molecular weight is 235 g/mol. The first-order valence-corrected chi connectivity index (χ1v) is 6.72. The molecule has 4 nitrogen and oxygen atoms in total. The number of aryl methyl sites for hydroxylation is 1. The zero-order valence-electron chi connectivity index (χ0n) is 10.5. The van der Waals surface area contributed by atoms with E-state index in [0.29, 0.717) is 12.0 Å². The van der Waals surface area contributed by atoms with Crippen LogP contribution in [0.2, 0.25) is 0 Å². The number of nitrogens with one attached hydrogen (secondary N) is 2. The Labute approximate surface area is 102 Å². The lowest BCUT2D eigenvalue weighted by Gasteiger charge is -2.24. The van der Waals surface area contributed by atoms with E-state index < -0.39 is 0 Å². The zero-order chi connectivity index (χ0) is 11.7. The van der Waals surface area contributed by atoms with Crippen molar-refractivity contribution in [3.8, 4) is 0 Å². The molecule has 3 heterocycles. The lowest BCUT2D eigenvalue weighted by atomic mass is 9.88. The van der Waals surface area contributed by atoms with Crippen molar-refractivity contribution in [1.29, 1.82) is 0 Å². The van der Waals surface area contributed by atoms with Gasteiger partial charge in [0.2, 0.25) is 0 Å². The Morgan fingerprint density at radius 2 is 2.06 bits per heavy atom. The van der Waals surface area contributed by atoms with E-state index in [1.54, 1.807) is 0 Å². The minimum Gasteiger partial charge on any atom is -0.381 e. The fourth-order valence-electron chi connectivity index (χ4n) is 3.14. The normalized spacial score (nSPS) is 26.5. The largest absolute Gasteiger partial charge is 0.381 e. The van der Waals surface area contributed by atoms with Gasteiger partial charge in [-0.15, -0.1) is 0 Å². The maximum Gasteiger partial charge on any atom is 0.0829 e. The summed E-state index contributed by atoms with van der Waals surface area (Å²) in [6.07, 6.45) is 4.77. The van der Waals surface area contributed by atoms with Crippen LogP contribution in [0.1, 0.15) is 54.6 Å². The summed E-state index contributed by atoms with van der Waals surface area (Å²) in [6, 6.07) is 0.470. The Morgan fingerprint density at radius 3 is 2.76 bits per heavy atom. The Balaban J connectivity index is 1.88. The third-order valence-electron chi connectivity index (χ3n) is 4.04. The van der Waals surface area contributed by atoms with E-state index in [2.05, 4.69) is 22.4 Å². The van der Waals surface area contributed by atoms with Crippen LogP contribution >= 0.6 is 0 Å². The van der Waals surface area contributed by atoms with Crippen LogP contribution in [0.4, 0.5) is 0 Å². The molecule has 3 rings (SSSR count). The number of rotatable bonds is 2. The van der Waals surface area contributed by atoms with E-state index in [0.717, 1.165) is 32.6 Å². The van der Waals surface area contributed by atoms with Gasteiger partial charge in [0.25, 0.3) is 0 Å². The summed E-state index contributed by atoms with van der Waals surface area (Å²) in [5.41, 5.74) is 3.99. The van der Waals surface area contributed by atoms with Gasteiger partial charge >= 0.3 is 0 Å². The van der Waals surface area contributed by atoms with Gasteiger partial charge in [-0.2, -0.15) is 5.10 Å². The summed E-state index contributed by atoms with van der Waals surface area (Å²) in [5, 5.41) is 11.3. The van der Waals surface area contributed by atoms with Gasteiger partial charge in [-0.05, 0) is 45.1 Å². The number of ether oxygens (including phenoxy) is 1. The van der Waals surface area contributed by atoms with Crippen LogP contribution in [0, 0.1) is 6.92 Å². The van der Waals surface area contributed by atoms with Crippen LogP contribution in [0.5, 0.6) is 0 Å². The molecule has 1 aromatic heterocycles. The van der Waals surface area contributed by atoms with E-state index in [1.165, 1.54) is 29.8 Å². The van der Waals surface area contributed by atoms with Crippen LogP contribution in [-0.4, -0.2) is 30.0 Å². The predicted molar refractivity (Wildman–Crippen MR) is 66.1 cm³/mol. The quantitative estimate of drug-likeness (QED) is 0.824. The lowest BCUT2D eigenvalue weighted by molar-refractivity contribution is 0.0849. The third-order valence-corrected chi connectivity index (χ3v) is 4.04. The van der Waals surface area contributed by atoms with E-state index in [9.17, 15) is 0 Å². The van der Waals surface area contributed by atoms with Crippen LogP contribution in [0.3, 0.4) is 0 Å². The second kappa shape index (κ2) is 4.78. The number of hydrogen-bond acceptors (Lipinski definition) is 3. The number of aromatic amines is 1. The Kier molecular flexibility index (Phi) is 3.16. The first-order chi connectivity index (χ1) is 8.36. The fourth-order valence-corrected chi connectivity index (χ4v) is 3.14. The highest BCUT2D eigenvalue weighted by molar-refractivity contribution is 5.31. The molecule has 0 saturated carbocycles. The maximum absolute atomic E-state index is 5.46. The molecule has 2 fully saturated rings. The molecule has 0 bridgehead atoms. The van der Waals surface area contributed by atoms with Crippen molar-refractivity contribution in [2.45, 2.75) is 44.6 Å². The van der Waals surface area contributed by atoms with Crippen molar-refractivity contribution in [3.63, 3.8) is 0 Å². The van der Waals surface area contributed by atoms with Gasteiger partial charge in [0.1, 0.15) is 0 Å². The van der Waals surface area contributed by atoms with E-state index in [4.69, 9.17) is 4.74 Å². The van der Waals surface area contributed by atoms with Gasteiger partial charge < -0.3 is 10.1 Å². The predicted octanol–water partition coefficient (Wildman–Crippen LogP) is 2.04. The highest BCUT2D eigenvalue weighted by atomic mass is 16.5. The number of hydrogen-bond donors (Lipinski definition) is 2. The van der Waals surface area contributed by atoms with Crippen molar-refractivity contribution in [1.82, 2.24) is 15.5 Å². The summed E-state index contributed by atoms with van der Waals surface area (Å²) >= 11 is 0. The zero-order valence-corrected chi connectivity index (χ0v) is 10.5. The molecular formula is C13H21N3O. The molecule has 0 aromatic carbocycles. The number of aromatic nitrogens is 2. The van der Waals surface area contributed by atoms with Crippen molar-refractivity contribution in [2.24, 2.45) is 0 Å². The number of nitrogens with zero attached hydrogens (tertiary/aromatic N) is 1. The minimum atomic E-state index is 0.470. The fraction of sp³-hybridized carbons (Fsp3) is 0.769. The molecular weight excluding hydrogens is 214 g/mol. The molecule has 1 unspecified atom stereocenters. The van der Waals surface area contributed by atoms with Gasteiger partial charge in [-0.25, -0.2) is 0 Å². The summed E-state index contributed by atoms with van der Waals surface area (Å²) in [5.74, 6) is 0.639. The molecule has 1 atom stereocenters. The van der Waals surface area contributed by atoms with Crippen LogP contribution in [0.15, 0.2) is 0 Å². The van der Waals surface area contributed by atoms with Crippen molar-refractivity contribution in [2.75, 3.05) is 19.8 Å². The maximum atomic E-state index is 5.46. The second-order valence-corrected chi connectivity index (χ2v) is 5.18. The van der Waals surface area contributed by atoms with Gasteiger partial charge in [0, 0.05) is 24.5 Å². The molecule has 2 aliphatic rings. The van der Waals surface area contributed by atoms with E-state index in [-0.39, 0.29) is 0 Å². The highest BCUT2D eigenvalue weighted by Crippen LogP contribution is 2.35. The van der Waals surface area contributed by atoms with Gasteiger partial charge in [0.05, 0.1) is 11.7 Å². The Morgan fingerprint density at radius 1 is 1.24 bits per heavy atom. The SMILES string of the molecule is Cc1[nH]nc(C2CCCN2)c1C1CCOCC1. The molecule has 0 spiro atoms. The van der Waals surface area contributed by atoms with Gasteiger partial charge in [-0.1, -0.05) is 0 Å². The Hall–Kier alpha value is -0.870. The van der Waals surface area contributed by atoms with Crippen LogP contribution < -0.4 is 5.32 Å². The highest BCUT2D eigenvalue weighted by Gasteiger charge is 2.28. The van der Waals surface area contributed by atoms with Crippen LogP contribution in [0.25, 0.3) is 0 Å². The molecule has 2 saturated heterocycles. The standard InChI is InChI=1S/C13H21N3O/c1-9-12(10-4-7-17-8-5-10)13(16-15-9)11-3-2-6-14-11/h10-11,14H,2-8H2,1H3,(H,15,16). The third kappa shape index (κ3) is 2.11. The topological polar surface area (TPSA) is 49.9 Å². The molecule has 2 N–H and O–H groups in total. The monoisotopic (exact) mass is 235 g/mol. The van der Waals surface area contributed by atoms with Gasteiger partial charge in [-0.3, -0.25) is 5.10 Å². The minimum absolute atomic E-state index is 0.470. The van der Waals surface area contributed by atoms with Crippen LogP contribution in [-0.2, 0) is 4.74 Å². The van der Waals surface area contributed by atoms with Gasteiger partial charge in [0.15, 0.2) is 0 Å². The average Bonchev–Trinajstić information content (AvgIpc) is 2.98. The molecule has 4 heteroatoms. The molecule has 2 aliphatic heterocycles. The lowest BCUT2D eigenvalue weighted by Crippen LogP contribution is -2.19. The van der Waals surface area contributed by atoms with Crippen molar-refractivity contribution >= 4 is 0 Å².